The molecule has 0 atom stereocenters. The summed E-state index contributed by atoms with van der Waals surface area (Å²) in [5, 5.41) is 2.48. The van der Waals surface area contributed by atoms with Gasteiger partial charge in [0.25, 0.3) is 5.91 Å². The largest absolute Gasteiger partial charge is 0.493 e. The van der Waals surface area contributed by atoms with E-state index >= 15 is 0 Å². The number of rotatable bonds is 4. The molecule has 0 unspecified atom stereocenters. The van der Waals surface area contributed by atoms with Crippen LogP contribution in [0, 0.1) is 6.92 Å². The molecule has 6 heteroatoms. The van der Waals surface area contributed by atoms with E-state index in [1.807, 2.05) is 0 Å². The van der Waals surface area contributed by atoms with E-state index in [0.29, 0.717) is 12.4 Å². The highest BCUT2D eigenvalue weighted by molar-refractivity contribution is 6.06. The van der Waals surface area contributed by atoms with E-state index in [0.717, 1.165) is 6.07 Å². The van der Waals surface area contributed by atoms with Crippen molar-refractivity contribution in [3.05, 3.63) is 59.2 Å². The van der Waals surface area contributed by atoms with Gasteiger partial charge >= 0.3 is 6.18 Å². The van der Waals surface area contributed by atoms with Crippen LogP contribution in [-0.4, -0.2) is 12.5 Å². The van der Waals surface area contributed by atoms with Gasteiger partial charge in [0.1, 0.15) is 5.75 Å². The third-order valence-corrected chi connectivity index (χ3v) is 3.23. The molecule has 1 amide bonds. The van der Waals surface area contributed by atoms with E-state index < -0.39 is 17.6 Å². The molecular formula is C17H16F3NO2. The van der Waals surface area contributed by atoms with Crippen molar-refractivity contribution < 1.29 is 22.7 Å². The van der Waals surface area contributed by atoms with Crippen LogP contribution in [0.25, 0.3) is 0 Å². The van der Waals surface area contributed by atoms with Crippen molar-refractivity contribution in [2.75, 3.05) is 11.9 Å². The monoisotopic (exact) mass is 323 g/mol. The zero-order valence-corrected chi connectivity index (χ0v) is 12.7. The number of halogens is 3. The van der Waals surface area contributed by atoms with E-state index in [-0.39, 0.29) is 16.8 Å². The van der Waals surface area contributed by atoms with Crippen LogP contribution in [0.5, 0.6) is 5.75 Å². The lowest BCUT2D eigenvalue weighted by Crippen LogP contribution is -2.15. The quantitative estimate of drug-likeness (QED) is 0.888. The standard InChI is InChI=1S/C17H16F3NO2/c1-3-23-15-7-5-4-6-13(15)16(22)21-12-9-8-11(2)14(10-12)17(18,19)20/h4-10H,3H2,1-2H3,(H,21,22). The zero-order valence-electron chi connectivity index (χ0n) is 12.7. The van der Waals surface area contributed by atoms with Crippen molar-refractivity contribution in [1.29, 1.82) is 0 Å². The minimum Gasteiger partial charge on any atom is -0.493 e. The molecule has 0 bridgehead atoms. The van der Waals surface area contributed by atoms with Crippen LogP contribution in [0.15, 0.2) is 42.5 Å². The van der Waals surface area contributed by atoms with Crippen molar-refractivity contribution in [1.82, 2.24) is 0 Å². The SMILES string of the molecule is CCOc1ccccc1C(=O)Nc1ccc(C)c(C(F)(F)F)c1. The van der Waals surface area contributed by atoms with Crippen LogP contribution in [0.4, 0.5) is 18.9 Å². The second-order valence-electron chi connectivity index (χ2n) is 4.91. The van der Waals surface area contributed by atoms with Crippen LogP contribution >= 0.6 is 0 Å². The maximum atomic E-state index is 12.9. The fourth-order valence-corrected chi connectivity index (χ4v) is 2.14. The number of hydrogen-bond acceptors (Lipinski definition) is 2. The summed E-state index contributed by atoms with van der Waals surface area (Å²) in [4.78, 5) is 12.3. The Balaban J connectivity index is 2.28. The minimum absolute atomic E-state index is 0.0826. The molecule has 0 aliphatic heterocycles. The van der Waals surface area contributed by atoms with E-state index in [9.17, 15) is 18.0 Å². The summed E-state index contributed by atoms with van der Waals surface area (Å²) in [5.41, 5.74) is -0.318. The molecule has 122 valence electrons. The summed E-state index contributed by atoms with van der Waals surface area (Å²) in [7, 11) is 0. The van der Waals surface area contributed by atoms with Crippen LogP contribution in [0.2, 0.25) is 0 Å². The summed E-state index contributed by atoms with van der Waals surface area (Å²) in [5.74, 6) is -0.137. The number of benzene rings is 2. The molecule has 0 heterocycles. The van der Waals surface area contributed by atoms with Crippen molar-refractivity contribution in [3.8, 4) is 5.75 Å². The summed E-state index contributed by atoms with van der Waals surface area (Å²) in [6.45, 7) is 3.54. The number of nitrogens with one attached hydrogen (secondary N) is 1. The number of anilines is 1. The van der Waals surface area contributed by atoms with Crippen LogP contribution in [-0.2, 0) is 6.18 Å². The molecular weight excluding hydrogens is 307 g/mol. The molecule has 0 saturated heterocycles. The Morgan fingerprint density at radius 3 is 2.52 bits per heavy atom. The van der Waals surface area contributed by atoms with Crippen molar-refractivity contribution in [2.24, 2.45) is 0 Å². The molecule has 0 spiro atoms. The van der Waals surface area contributed by atoms with Gasteiger partial charge in [-0.15, -0.1) is 0 Å². The Hall–Kier alpha value is -2.50. The lowest BCUT2D eigenvalue weighted by molar-refractivity contribution is -0.138. The topological polar surface area (TPSA) is 38.3 Å². The fourth-order valence-electron chi connectivity index (χ4n) is 2.14. The number of amides is 1. The Kier molecular flexibility index (Phi) is 4.93. The zero-order chi connectivity index (χ0) is 17.0. The second kappa shape index (κ2) is 6.73. The van der Waals surface area contributed by atoms with E-state index in [1.165, 1.54) is 19.1 Å². The lowest BCUT2D eigenvalue weighted by Gasteiger charge is -2.14. The Morgan fingerprint density at radius 1 is 1.17 bits per heavy atom. The smallest absolute Gasteiger partial charge is 0.416 e. The summed E-state index contributed by atoms with van der Waals surface area (Å²) >= 11 is 0. The van der Waals surface area contributed by atoms with Gasteiger partial charge < -0.3 is 10.1 Å². The van der Waals surface area contributed by atoms with Crippen molar-refractivity contribution in [2.45, 2.75) is 20.0 Å². The second-order valence-corrected chi connectivity index (χ2v) is 4.91. The Bertz CT molecular complexity index is 711. The number of carbonyl (C=O) groups excluding carboxylic acids is 1. The maximum Gasteiger partial charge on any atom is 0.416 e. The molecule has 1 N–H and O–H groups in total. The number of alkyl halides is 3. The van der Waals surface area contributed by atoms with Crippen molar-refractivity contribution in [3.63, 3.8) is 0 Å². The normalized spacial score (nSPS) is 11.2. The summed E-state index contributed by atoms with van der Waals surface area (Å²) in [6, 6.07) is 10.3. The highest BCUT2D eigenvalue weighted by Crippen LogP contribution is 2.33. The minimum atomic E-state index is -4.46. The molecule has 2 rings (SSSR count). The van der Waals surface area contributed by atoms with Crippen LogP contribution < -0.4 is 10.1 Å². The molecule has 0 radical (unpaired) electrons. The molecule has 2 aromatic rings. The molecule has 23 heavy (non-hydrogen) atoms. The lowest BCUT2D eigenvalue weighted by atomic mass is 10.1. The maximum absolute atomic E-state index is 12.9. The van der Waals surface area contributed by atoms with E-state index in [1.54, 1.807) is 31.2 Å². The molecule has 2 aromatic carbocycles. The summed E-state index contributed by atoms with van der Waals surface area (Å²) < 4.78 is 44.1. The predicted octanol–water partition coefficient (Wildman–Crippen LogP) is 4.66. The van der Waals surface area contributed by atoms with Gasteiger partial charge in [0, 0.05) is 5.69 Å². The van der Waals surface area contributed by atoms with Gasteiger partial charge in [0.2, 0.25) is 0 Å². The molecule has 3 nitrogen and oxygen atoms in total. The van der Waals surface area contributed by atoms with Gasteiger partial charge in [0.05, 0.1) is 17.7 Å². The van der Waals surface area contributed by atoms with Crippen molar-refractivity contribution >= 4 is 11.6 Å². The van der Waals surface area contributed by atoms with E-state index in [4.69, 9.17) is 4.74 Å². The molecule has 0 aliphatic carbocycles. The van der Waals surface area contributed by atoms with Gasteiger partial charge in [-0.3, -0.25) is 4.79 Å². The number of hydrogen-bond donors (Lipinski definition) is 1. The first-order valence-corrected chi connectivity index (χ1v) is 7.04. The Morgan fingerprint density at radius 2 is 1.87 bits per heavy atom. The number of carbonyl (C=O) groups is 1. The first-order valence-electron chi connectivity index (χ1n) is 7.04. The fraction of sp³-hybridized carbons (Fsp3) is 0.235. The summed E-state index contributed by atoms with van der Waals surface area (Å²) in [6.07, 6.45) is -4.46. The number of para-hydroxylation sites is 1. The number of aryl methyl sites for hydroxylation is 1. The third-order valence-electron chi connectivity index (χ3n) is 3.23. The van der Waals surface area contributed by atoms with E-state index in [2.05, 4.69) is 5.32 Å². The third kappa shape index (κ3) is 4.03. The molecule has 0 fully saturated rings. The average molecular weight is 323 g/mol. The van der Waals surface area contributed by atoms with Gasteiger partial charge in [-0.25, -0.2) is 0 Å². The Labute approximate surface area is 132 Å². The van der Waals surface area contributed by atoms with Crippen LogP contribution in [0.1, 0.15) is 28.4 Å². The van der Waals surface area contributed by atoms with Gasteiger partial charge in [-0.05, 0) is 43.7 Å². The average Bonchev–Trinajstić information content (AvgIpc) is 2.49. The highest BCUT2D eigenvalue weighted by atomic mass is 19.4. The molecule has 0 aromatic heterocycles. The first kappa shape index (κ1) is 16.9. The van der Waals surface area contributed by atoms with Gasteiger partial charge in [0.15, 0.2) is 0 Å². The van der Waals surface area contributed by atoms with Crippen LogP contribution in [0.3, 0.4) is 0 Å². The molecule has 0 saturated carbocycles. The van der Waals surface area contributed by atoms with Gasteiger partial charge in [-0.2, -0.15) is 13.2 Å². The molecule has 0 aliphatic rings. The van der Waals surface area contributed by atoms with Gasteiger partial charge in [-0.1, -0.05) is 18.2 Å². The first-order chi connectivity index (χ1) is 10.8. The number of ether oxygens (including phenoxy) is 1. The highest BCUT2D eigenvalue weighted by Gasteiger charge is 2.32. The predicted molar refractivity (Wildman–Crippen MR) is 81.7 cm³/mol.